The Labute approximate surface area is 120 Å². The summed E-state index contributed by atoms with van der Waals surface area (Å²) >= 11 is 7.70. The average Bonchev–Trinajstić information content (AvgIpc) is 2.95. The second-order valence-corrected chi connectivity index (χ2v) is 5.71. The Bertz CT molecular complexity index is 702. The molecule has 3 nitrogen and oxygen atoms in total. The molecule has 0 aliphatic rings. The number of pyridine rings is 1. The molecule has 0 spiro atoms. The van der Waals surface area contributed by atoms with Crippen LogP contribution in [0.3, 0.4) is 0 Å². The van der Waals surface area contributed by atoms with Crippen LogP contribution in [-0.4, -0.2) is 9.38 Å². The van der Waals surface area contributed by atoms with E-state index in [0.29, 0.717) is 0 Å². The van der Waals surface area contributed by atoms with Gasteiger partial charge in [0.2, 0.25) is 0 Å². The number of fused-ring (bicyclic) bond motifs is 1. The lowest BCUT2D eigenvalue weighted by molar-refractivity contribution is 0.682. The highest BCUT2D eigenvalue weighted by atomic mass is 35.5. The highest BCUT2D eigenvalue weighted by molar-refractivity contribution is 7.08. The van der Waals surface area contributed by atoms with Crippen molar-refractivity contribution < 1.29 is 0 Å². The molecule has 0 amide bonds. The van der Waals surface area contributed by atoms with Gasteiger partial charge in [-0.15, -0.1) is 0 Å². The maximum absolute atomic E-state index is 5.95. The molecule has 0 aliphatic heterocycles. The van der Waals surface area contributed by atoms with Crippen molar-refractivity contribution in [2.24, 2.45) is 0 Å². The first-order valence-electron chi connectivity index (χ1n) is 6.08. The van der Waals surface area contributed by atoms with Crippen LogP contribution in [0.1, 0.15) is 16.8 Å². The number of rotatable bonds is 4. The highest BCUT2D eigenvalue weighted by Crippen LogP contribution is 2.14. The highest BCUT2D eigenvalue weighted by Gasteiger charge is 2.03. The van der Waals surface area contributed by atoms with Gasteiger partial charge in [0.15, 0.2) is 0 Å². The van der Waals surface area contributed by atoms with Crippen LogP contribution in [0.2, 0.25) is 5.02 Å². The molecule has 5 heteroatoms. The molecule has 1 N–H and O–H groups in total. The van der Waals surface area contributed by atoms with E-state index in [1.54, 1.807) is 11.3 Å². The van der Waals surface area contributed by atoms with Gasteiger partial charge in [-0.1, -0.05) is 11.6 Å². The van der Waals surface area contributed by atoms with E-state index in [4.69, 9.17) is 11.6 Å². The largest absolute Gasteiger partial charge is 0.307 e. The topological polar surface area (TPSA) is 29.3 Å². The number of halogens is 1. The lowest BCUT2D eigenvalue weighted by Gasteiger charge is -2.01. The Hall–Kier alpha value is -1.36. The van der Waals surface area contributed by atoms with E-state index in [1.165, 1.54) is 11.1 Å². The molecular formula is C14H14ClN3S. The number of nitrogens with zero attached hydrogens (tertiary/aromatic N) is 2. The minimum atomic E-state index is 0.721. The van der Waals surface area contributed by atoms with E-state index in [2.05, 4.69) is 28.0 Å². The molecule has 0 unspecified atom stereocenters. The van der Waals surface area contributed by atoms with Gasteiger partial charge < -0.3 is 9.72 Å². The predicted octanol–water partition coefficient (Wildman–Crippen LogP) is 3.65. The maximum atomic E-state index is 5.95. The Balaban J connectivity index is 1.67. The molecular weight excluding hydrogens is 278 g/mol. The third kappa shape index (κ3) is 2.81. The number of thiophene rings is 1. The fraction of sp³-hybridized carbons (Fsp3) is 0.214. The van der Waals surface area contributed by atoms with Crippen molar-refractivity contribution in [3.8, 4) is 0 Å². The summed E-state index contributed by atoms with van der Waals surface area (Å²) in [5.41, 5.74) is 4.65. The van der Waals surface area contributed by atoms with Gasteiger partial charge in [0.25, 0.3) is 0 Å². The predicted molar refractivity (Wildman–Crippen MR) is 79.8 cm³/mol. The number of nitrogens with one attached hydrogen (secondary N) is 1. The summed E-state index contributed by atoms with van der Waals surface area (Å²) in [6.07, 6.45) is 3.88. The molecule has 0 radical (unpaired) electrons. The summed E-state index contributed by atoms with van der Waals surface area (Å²) in [4.78, 5) is 4.54. The smallest absolute Gasteiger partial charge is 0.137 e. The molecule has 19 heavy (non-hydrogen) atoms. The average molecular weight is 292 g/mol. The Kier molecular flexibility index (Phi) is 3.55. The van der Waals surface area contributed by atoms with Crippen molar-refractivity contribution in [2.75, 3.05) is 0 Å². The van der Waals surface area contributed by atoms with Gasteiger partial charge in [-0.25, -0.2) is 4.98 Å². The molecule has 0 saturated carbocycles. The van der Waals surface area contributed by atoms with E-state index < -0.39 is 0 Å². The second-order valence-electron chi connectivity index (χ2n) is 4.53. The molecule has 0 aliphatic carbocycles. The van der Waals surface area contributed by atoms with Crippen molar-refractivity contribution >= 4 is 28.6 Å². The molecule has 98 valence electrons. The Morgan fingerprint density at radius 1 is 1.26 bits per heavy atom. The number of imidazole rings is 1. The molecule has 0 aromatic carbocycles. The van der Waals surface area contributed by atoms with Crippen molar-refractivity contribution in [3.63, 3.8) is 0 Å². The summed E-state index contributed by atoms with van der Waals surface area (Å²) in [5.74, 6) is 0. The number of hydrogen-bond acceptors (Lipinski definition) is 3. The van der Waals surface area contributed by atoms with Gasteiger partial charge in [-0.05, 0) is 40.9 Å². The normalized spacial score (nSPS) is 11.3. The number of aromatic nitrogens is 2. The van der Waals surface area contributed by atoms with Gasteiger partial charge in [-0.2, -0.15) is 11.3 Å². The maximum Gasteiger partial charge on any atom is 0.137 e. The first-order valence-corrected chi connectivity index (χ1v) is 7.40. The third-order valence-corrected chi connectivity index (χ3v) is 4.18. The lowest BCUT2D eigenvalue weighted by atomic mass is 10.2. The van der Waals surface area contributed by atoms with Crippen LogP contribution in [0, 0.1) is 6.92 Å². The van der Waals surface area contributed by atoms with E-state index in [1.807, 2.05) is 28.9 Å². The number of aryl methyl sites for hydroxylation is 1. The molecule has 0 bridgehead atoms. The van der Waals surface area contributed by atoms with Crippen LogP contribution in [0.4, 0.5) is 0 Å². The van der Waals surface area contributed by atoms with Gasteiger partial charge in [0.05, 0.1) is 10.7 Å². The van der Waals surface area contributed by atoms with Crippen LogP contribution in [0.15, 0.2) is 35.3 Å². The number of hydrogen-bond donors (Lipinski definition) is 1. The van der Waals surface area contributed by atoms with E-state index in [9.17, 15) is 0 Å². The van der Waals surface area contributed by atoms with Crippen LogP contribution < -0.4 is 5.32 Å². The van der Waals surface area contributed by atoms with Gasteiger partial charge in [0, 0.05) is 25.5 Å². The summed E-state index contributed by atoms with van der Waals surface area (Å²) in [6, 6.07) is 3.78. The van der Waals surface area contributed by atoms with Gasteiger partial charge in [-0.3, -0.25) is 0 Å². The lowest BCUT2D eigenvalue weighted by Crippen LogP contribution is -2.12. The van der Waals surface area contributed by atoms with Crippen molar-refractivity contribution in [3.05, 3.63) is 57.1 Å². The van der Waals surface area contributed by atoms with Crippen molar-refractivity contribution in [1.82, 2.24) is 14.7 Å². The molecule has 3 heterocycles. The van der Waals surface area contributed by atoms with E-state index in [-0.39, 0.29) is 0 Å². The first-order chi connectivity index (χ1) is 9.22. The first kappa shape index (κ1) is 12.7. The quantitative estimate of drug-likeness (QED) is 0.795. The molecule has 0 saturated heterocycles. The summed E-state index contributed by atoms with van der Waals surface area (Å²) in [7, 11) is 0. The fourth-order valence-corrected chi connectivity index (χ4v) is 3.02. The molecule has 0 atom stereocenters. The van der Waals surface area contributed by atoms with Crippen LogP contribution >= 0.6 is 22.9 Å². The van der Waals surface area contributed by atoms with Crippen LogP contribution in [0.5, 0.6) is 0 Å². The summed E-state index contributed by atoms with van der Waals surface area (Å²) in [6.45, 7) is 3.78. The zero-order valence-electron chi connectivity index (χ0n) is 10.6. The summed E-state index contributed by atoms with van der Waals surface area (Å²) in [5, 5.41) is 8.50. The molecule has 3 aromatic rings. The minimum Gasteiger partial charge on any atom is -0.307 e. The molecule has 3 rings (SSSR count). The van der Waals surface area contributed by atoms with Crippen LogP contribution in [-0.2, 0) is 13.1 Å². The second kappa shape index (κ2) is 5.33. The van der Waals surface area contributed by atoms with Crippen molar-refractivity contribution in [2.45, 2.75) is 20.0 Å². The minimum absolute atomic E-state index is 0.721. The molecule has 0 fully saturated rings. The van der Waals surface area contributed by atoms with E-state index >= 15 is 0 Å². The zero-order valence-corrected chi connectivity index (χ0v) is 12.1. The Morgan fingerprint density at radius 2 is 2.16 bits per heavy atom. The van der Waals surface area contributed by atoms with Gasteiger partial charge >= 0.3 is 0 Å². The Morgan fingerprint density at radius 3 is 2.95 bits per heavy atom. The third-order valence-electron chi connectivity index (χ3n) is 3.05. The fourth-order valence-electron chi connectivity index (χ4n) is 2.00. The SMILES string of the molecule is Cc1cscc1CNCc1cn2cc(Cl)ccc2n1. The molecule has 3 aromatic heterocycles. The van der Waals surface area contributed by atoms with Crippen molar-refractivity contribution in [1.29, 1.82) is 0 Å². The van der Waals surface area contributed by atoms with Gasteiger partial charge in [0.1, 0.15) is 5.65 Å². The van der Waals surface area contributed by atoms with Crippen LogP contribution in [0.25, 0.3) is 5.65 Å². The summed E-state index contributed by atoms with van der Waals surface area (Å²) < 4.78 is 1.95. The zero-order chi connectivity index (χ0) is 13.2. The van der Waals surface area contributed by atoms with E-state index in [0.717, 1.165) is 29.5 Å². The standard InChI is InChI=1S/C14H14ClN3S/c1-10-8-19-9-11(10)4-16-5-13-7-18-6-12(15)2-3-14(18)17-13/h2-3,6-9,16H,4-5H2,1H3. The monoisotopic (exact) mass is 291 g/mol.